The van der Waals surface area contributed by atoms with E-state index in [-0.39, 0.29) is 12.2 Å². The minimum absolute atomic E-state index is 0.0599. The van der Waals surface area contributed by atoms with E-state index in [0.29, 0.717) is 33.8 Å². The average Bonchev–Trinajstić information content (AvgIpc) is 2.66. The summed E-state index contributed by atoms with van der Waals surface area (Å²) in [4.78, 5) is 12.5. The van der Waals surface area contributed by atoms with E-state index in [9.17, 15) is 10.1 Å². The molecule has 0 aliphatic carbocycles. The molecule has 0 aliphatic rings. The number of anilines is 1. The second-order valence-corrected chi connectivity index (χ2v) is 6.55. The van der Waals surface area contributed by atoms with Gasteiger partial charge in [-0.15, -0.1) is 0 Å². The number of benzene rings is 2. The molecular formula is C21H18BrN3O3. The highest BCUT2D eigenvalue weighted by molar-refractivity contribution is 9.10. The standard InChI is InChI=1S/C21H18BrN3O3/c1-3-27-19-11-15(18(22)12-20(19)28-8-7-23)10-16(13-24)21(26)25-17-6-4-5-14(2)9-17/h4-6,9-12H,3,8H2,1-2H3,(H,25,26)/b16-10+. The zero-order valence-electron chi connectivity index (χ0n) is 15.5. The highest BCUT2D eigenvalue weighted by Gasteiger charge is 2.14. The zero-order chi connectivity index (χ0) is 20.5. The van der Waals surface area contributed by atoms with E-state index in [1.54, 1.807) is 18.2 Å². The van der Waals surface area contributed by atoms with Gasteiger partial charge in [-0.25, -0.2) is 0 Å². The molecule has 2 aromatic rings. The number of amides is 1. The number of ether oxygens (including phenoxy) is 2. The Balaban J connectivity index is 2.34. The third kappa shape index (κ3) is 5.60. The normalized spacial score (nSPS) is 10.5. The van der Waals surface area contributed by atoms with Crippen molar-refractivity contribution in [1.82, 2.24) is 0 Å². The maximum atomic E-state index is 12.5. The quantitative estimate of drug-likeness (QED) is 0.502. The number of carbonyl (C=O) groups excluding carboxylic acids is 1. The Kier molecular flexibility index (Phi) is 7.62. The Morgan fingerprint density at radius 3 is 2.61 bits per heavy atom. The number of nitrogens with one attached hydrogen (secondary N) is 1. The van der Waals surface area contributed by atoms with E-state index in [4.69, 9.17) is 14.7 Å². The Bertz CT molecular complexity index is 987. The van der Waals surface area contributed by atoms with Crippen LogP contribution in [0.4, 0.5) is 5.69 Å². The largest absolute Gasteiger partial charge is 0.490 e. The Labute approximate surface area is 172 Å². The fraction of sp³-hybridized carbons (Fsp3) is 0.190. The van der Waals surface area contributed by atoms with Gasteiger partial charge in [0, 0.05) is 10.2 Å². The third-order valence-electron chi connectivity index (χ3n) is 3.60. The maximum absolute atomic E-state index is 12.5. The van der Waals surface area contributed by atoms with Gasteiger partial charge in [0.05, 0.1) is 6.61 Å². The SMILES string of the molecule is CCOc1cc(/C=C(\C#N)C(=O)Nc2cccc(C)c2)c(Br)cc1OCC#N. The number of nitrogens with zero attached hydrogens (tertiary/aromatic N) is 2. The second kappa shape index (κ2) is 10.1. The highest BCUT2D eigenvalue weighted by atomic mass is 79.9. The lowest BCUT2D eigenvalue weighted by atomic mass is 10.1. The van der Waals surface area contributed by atoms with E-state index in [0.717, 1.165) is 5.56 Å². The third-order valence-corrected chi connectivity index (χ3v) is 4.28. The van der Waals surface area contributed by atoms with Crippen LogP contribution in [0.1, 0.15) is 18.1 Å². The molecule has 6 nitrogen and oxygen atoms in total. The fourth-order valence-corrected chi connectivity index (χ4v) is 2.81. The summed E-state index contributed by atoms with van der Waals surface area (Å²) >= 11 is 3.40. The first-order valence-corrected chi connectivity index (χ1v) is 9.23. The molecule has 2 aromatic carbocycles. The van der Waals surface area contributed by atoms with Gasteiger partial charge in [0.15, 0.2) is 18.1 Å². The van der Waals surface area contributed by atoms with Gasteiger partial charge in [-0.2, -0.15) is 10.5 Å². The number of hydrogen-bond acceptors (Lipinski definition) is 5. The van der Waals surface area contributed by atoms with Crippen molar-refractivity contribution in [2.45, 2.75) is 13.8 Å². The van der Waals surface area contributed by atoms with Crippen molar-refractivity contribution in [3.8, 4) is 23.6 Å². The molecule has 7 heteroatoms. The number of rotatable bonds is 7. The van der Waals surface area contributed by atoms with Crippen LogP contribution in [0.25, 0.3) is 6.08 Å². The maximum Gasteiger partial charge on any atom is 0.266 e. The topological polar surface area (TPSA) is 95.1 Å². The molecule has 0 spiro atoms. The van der Waals surface area contributed by atoms with Crippen LogP contribution in [-0.2, 0) is 4.79 Å². The molecule has 0 saturated heterocycles. The van der Waals surface area contributed by atoms with Crippen molar-refractivity contribution in [3.05, 3.63) is 57.6 Å². The predicted molar refractivity (Wildman–Crippen MR) is 110 cm³/mol. The summed E-state index contributed by atoms with van der Waals surface area (Å²) in [6.45, 7) is 4.01. The molecule has 0 radical (unpaired) electrons. The minimum atomic E-state index is -0.511. The summed E-state index contributed by atoms with van der Waals surface area (Å²) in [7, 11) is 0. The fourth-order valence-electron chi connectivity index (χ4n) is 2.38. The molecule has 2 rings (SSSR count). The molecule has 0 atom stereocenters. The van der Waals surface area contributed by atoms with Crippen LogP contribution in [0.15, 0.2) is 46.4 Å². The van der Waals surface area contributed by atoms with Crippen molar-refractivity contribution in [2.24, 2.45) is 0 Å². The van der Waals surface area contributed by atoms with Gasteiger partial charge >= 0.3 is 0 Å². The lowest BCUT2D eigenvalue weighted by Crippen LogP contribution is -2.13. The first-order chi connectivity index (χ1) is 13.5. The molecule has 142 valence electrons. The van der Waals surface area contributed by atoms with E-state index in [1.807, 2.05) is 44.2 Å². The smallest absolute Gasteiger partial charge is 0.266 e. The molecular weight excluding hydrogens is 422 g/mol. The summed E-state index contributed by atoms with van der Waals surface area (Å²) in [5.41, 5.74) is 2.12. The molecule has 0 aliphatic heterocycles. The average molecular weight is 440 g/mol. The molecule has 0 saturated carbocycles. The van der Waals surface area contributed by atoms with E-state index in [1.165, 1.54) is 6.08 Å². The summed E-state index contributed by atoms with van der Waals surface area (Å²) < 4.78 is 11.5. The molecule has 0 fully saturated rings. The van der Waals surface area contributed by atoms with E-state index in [2.05, 4.69) is 21.2 Å². The van der Waals surface area contributed by atoms with Gasteiger partial charge in [0.2, 0.25) is 0 Å². The van der Waals surface area contributed by atoms with Gasteiger partial charge < -0.3 is 14.8 Å². The second-order valence-electron chi connectivity index (χ2n) is 5.69. The molecule has 0 aromatic heterocycles. The van der Waals surface area contributed by atoms with Crippen LogP contribution in [-0.4, -0.2) is 19.1 Å². The lowest BCUT2D eigenvalue weighted by molar-refractivity contribution is -0.112. The molecule has 0 bridgehead atoms. The molecule has 1 amide bonds. The first kappa shape index (κ1) is 21.0. The number of carbonyl (C=O) groups is 1. The molecule has 0 heterocycles. The van der Waals surface area contributed by atoms with Crippen LogP contribution >= 0.6 is 15.9 Å². The van der Waals surface area contributed by atoms with E-state index < -0.39 is 5.91 Å². The van der Waals surface area contributed by atoms with E-state index >= 15 is 0 Å². The van der Waals surface area contributed by atoms with Crippen LogP contribution in [0, 0.1) is 29.6 Å². The summed E-state index contributed by atoms with van der Waals surface area (Å²) in [6.07, 6.45) is 1.46. The van der Waals surface area contributed by atoms with Crippen molar-refractivity contribution in [3.63, 3.8) is 0 Å². The van der Waals surface area contributed by atoms with Crippen LogP contribution in [0.2, 0.25) is 0 Å². The lowest BCUT2D eigenvalue weighted by Gasteiger charge is -2.12. The highest BCUT2D eigenvalue weighted by Crippen LogP contribution is 2.35. The number of aryl methyl sites for hydroxylation is 1. The van der Waals surface area contributed by atoms with Gasteiger partial charge in [0.25, 0.3) is 5.91 Å². The van der Waals surface area contributed by atoms with Crippen molar-refractivity contribution < 1.29 is 14.3 Å². The molecule has 28 heavy (non-hydrogen) atoms. The zero-order valence-corrected chi connectivity index (χ0v) is 17.0. The number of nitriles is 2. The first-order valence-electron chi connectivity index (χ1n) is 8.44. The van der Waals surface area contributed by atoms with Gasteiger partial charge in [0.1, 0.15) is 17.7 Å². The Morgan fingerprint density at radius 1 is 1.21 bits per heavy atom. The van der Waals surface area contributed by atoms with Gasteiger partial charge in [-0.1, -0.05) is 28.1 Å². The predicted octanol–water partition coefficient (Wildman–Crippen LogP) is 4.60. The van der Waals surface area contributed by atoms with Crippen molar-refractivity contribution in [1.29, 1.82) is 10.5 Å². The Hall–Kier alpha value is -3.29. The van der Waals surface area contributed by atoms with Crippen LogP contribution in [0.5, 0.6) is 11.5 Å². The van der Waals surface area contributed by atoms with Crippen molar-refractivity contribution in [2.75, 3.05) is 18.5 Å². The summed E-state index contributed by atoms with van der Waals surface area (Å²) in [5.74, 6) is 0.307. The van der Waals surface area contributed by atoms with Crippen molar-refractivity contribution >= 4 is 33.6 Å². The molecule has 1 N–H and O–H groups in total. The molecule has 0 unspecified atom stereocenters. The Morgan fingerprint density at radius 2 is 1.96 bits per heavy atom. The summed E-state index contributed by atoms with van der Waals surface area (Å²) in [6, 6.07) is 14.4. The van der Waals surface area contributed by atoms with Crippen LogP contribution < -0.4 is 14.8 Å². The monoisotopic (exact) mass is 439 g/mol. The van der Waals surface area contributed by atoms with Gasteiger partial charge in [-0.05, 0) is 55.3 Å². The van der Waals surface area contributed by atoms with Gasteiger partial charge in [-0.3, -0.25) is 4.79 Å². The van der Waals surface area contributed by atoms with Crippen LogP contribution in [0.3, 0.4) is 0 Å². The number of halogens is 1. The summed E-state index contributed by atoms with van der Waals surface area (Å²) in [5, 5.41) is 20.9. The number of hydrogen-bond donors (Lipinski definition) is 1. The minimum Gasteiger partial charge on any atom is -0.490 e.